The Bertz CT molecular complexity index is 329. The molecule has 1 aliphatic rings. The van der Waals surface area contributed by atoms with E-state index in [1.54, 1.807) is 0 Å². The lowest BCUT2D eigenvalue weighted by Crippen LogP contribution is -2.12. The predicted molar refractivity (Wildman–Crippen MR) is 56.9 cm³/mol. The van der Waals surface area contributed by atoms with Crippen LogP contribution in [0, 0.1) is 0 Å². The molecular weight excluding hydrogens is 175 g/mol. The van der Waals surface area contributed by atoms with Crippen molar-refractivity contribution in [1.82, 2.24) is 0 Å². The van der Waals surface area contributed by atoms with Gasteiger partial charge in [-0.05, 0) is 19.1 Å². The summed E-state index contributed by atoms with van der Waals surface area (Å²) in [6.07, 6.45) is 1.09. The van der Waals surface area contributed by atoms with Gasteiger partial charge in [0.15, 0.2) is 16.3 Å². The molecule has 1 aromatic carbocycles. The van der Waals surface area contributed by atoms with Crippen molar-refractivity contribution in [3.8, 4) is 0 Å². The van der Waals surface area contributed by atoms with Gasteiger partial charge in [-0.3, -0.25) is 5.01 Å². The van der Waals surface area contributed by atoms with Gasteiger partial charge in [0.25, 0.3) is 0 Å². The monoisotopic (exact) mass is 186 g/mol. The summed E-state index contributed by atoms with van der Waals surface area (Å²) < 4.78 is 1.21. The van der Waals surface area contributed by atoms with Crippen molar-refractivity contribution in [2.45, 2.75) is 13.3 Å². The molecule has 0 aromatic heterocycles. The molecule has 3 heteroatoms. The minimum Gasteiger partial charge on any atom is -0.265 e. The highest BCUT2D eigenvalue weighted by atomic mass is 27.0. The summed E-state index contributed by atoms with van der Waals surface area (Å²) in [6, 6.07) is 8.38. The Morgan fingerprint density at radius 1 is 1.31 bits per heavy atom. The molecule has 1 heterocycles. The van der Waals surface area contributed by atoms with Crippen molar-refractivity contribution < 1.29 is 0 Å². The van der Waals surface area contributed by atoms with Crippen LogP contribution in [0.25, 0.3) is 0 Å². The summed E-state index contributed by atoms with van der Waals surface area (Å²) in [7, 11) is 0. The van der Waals surface area contributed by atoms with E-state index in [-0.39, 0.29) is 0 Å². The standard InChI is InChI=1S/C10H11N2.Al/c1-9-7-8-12(11-9)10-5-3-2-4-6-10;/h3-6H,7-8H2,1H3;. The molecule has 0 saturated carbocycles. The Morgan fingerprint density at radius 2 is 2.00 bits per heavy atom. The zero-order valence-corrected chi connectivity index (χ0v) is 8.85. The molecule has 2 rings (SSSR count). The third-order valence-electron chi connectivity index (χ3n) is 2.17. The third kappa shape index (κ3) is 1.93. The number of hydrogen-bond donors (Lipinski definition) is 0. The highest BCUT2D eigenvalue weighted by molar-refractivity contribution is 6.32. The van der Waals surface area contributed by atoms with Gasteiger partial charge in [0, 0.05) is 18.7 Å². The third-order valence-corrected chi connectivity index (χ3v) is 2.55. The fourth-order valence-electron chi connectivity index (χ4n) is 1.41. The first-order valence-corrected chi connectivity index (χ1v) is 5.00. The topological polar surface area (TPSA) is 15.6 Å². The van der Waals surface area contributed by atoms with Crippen LogP contribution < -0.4 is 9.43 Å². The van der Waals surface area contributed by atoms with E-state index in [2.05, 4.69) is 57.6 Å². The number of rotatable bonds is 1. The molecule has 2 nitrogen and oxygen atoms in total. The minimum absolute atomic E-state index is 1.02. The van der Waals surface area contributed by atoms with Crippen molar-refractivity contribution in [3.63, 3.8) is 0 Å². The molecule has 1 aromatic rings. The average Bonchev–Trinajstić information content (AvgIpc) is 2.53. The van der Waals surface area contributed by atoms with Gasteiger partial charge in [0.1, 0.15) is 0 Å². The maximum atomic E-state index is 4.43. The van der Waals surface area contributed by atoms with E-state index in [0.29, 0.717) is 0 Å². The molecule has 2 radical (unpaired) electrons. The highest BCUT2D eigenvalue weighted by Crippen LogP contribution is 2.17. The summed E-state index contributed by atoms with van der Waals surface area (Å²) in [5.41, 5.74) is 2.40. The van der Waals surface area contributed by atoms with E-state index < -0.39 is 0 Å². The molecular formula is C10H11AlN2. The quantitative estimate of drug-likeness (QED) is 0.599. The molecule has 0 fully saturated rings. The Hall–Kier alpha value is -0.778. The van der Waals surface area contributed by atoms with E-state index in [0.717, 1.165) is 13.0 Å². The van der Waals surface area contributed by atoms with Crippen molar-refractivity contribution in [1.29, 1.82) is 0 Å². The number of nitrogens with zero attached hydrogens (tertiary/aromatic N) is 2. The van der Waals surface area contributed by atoms with Gasteiger partial charge >= 0.3 is 0 Å². The molecule has 64 valence electrons. The second-order valence-corrected chi connectivity index (χ2v) is 3.97. The second-order valence-electron chi connectivity index (χ2n) is 3.30. The Labute approximate surface area is 86.7 Å². The maximum Gasteiger partial charge on any atom is 0.175 e. The van der Waals surface area contributed by atoms with Crippen LogP contribution in [-0.2, 0) is 0 Å². The lowest BCUT2D eigenvalue weighted by atomic mass is 10.3. The highest BCUT2D eigenvalue weighted by Gasteiger charge is 2.11. The van der Waals surface area contributed by atoms with Crippen LogP contribution in [0.15, 0.2) is 29.4 Å². The van der Waals surface area contributed by atoms with E-state index in [4.69, 9.17) is 0 Å². The number of benzene rings is 1. The lowest BCUT2D eigenvalue weighted by Gasteiger charge is -2.13. The zero-order valence-electron chi connectivity index (χ0n) is 7.70. The van der Waals surface area contributed by atoms with Crippen LogP contribution in [0.3, 0.4) is 0 Å². The second kappa shape index (κ2) is 3.53. The Morgan fingerprint density at radius 3 is 2.54 bits per heavy atom. The first-order valence-electron chi connectivity index (χ1n) is 4.43. The predicted octanol–water partition coefficient (Wildman–Crippen LogP) is 1.07. The summed E-state index contributed by atoms with van der Waals surface area (Å²) in [6.45, 7) is 3.09. The van der Waals surface area contributed by atoms with Gasteiger partial charge in [-0.15, -0.1) is 4.43 Å². The van der Waals surface area contributed by atoms with Gasteiger partial charge in [0.2, 0.25) is 0 Å². The molecule has 0 aliphatic carbocycles. The molecule has 1 aliphatic heterocycles. The Kier molecular flexibility index (Phi) is 2.39. The van der Waals surface area contributed by atoms with Crippen molar-refractivity contribution >= 4 is 32.1 Å². The van der Waals surface area contributed by atoms with E-state index in [1.165, 1.54) is 15.8 Å². The van der Waals surface area contributed by atoms with Gasteiger partial charge in [-0.25, -0.2) is 0 Å². The zero-order chi connectivity index (χ0) is 9.26. The van der Waals surface area contributed by atoms with Gasteiger partial charge in [-0.2, -0.15) is 5.10 Å². The fraction of sp³-hybridized carbons (Fsp3) is 0.300. The molecule has 13 heavy (non-hydrogen) atoms. The van der Waals surface area contributed by atoms with Gasteiger partial charge in [-0.1, -0.05) is 12.1 Å². The number of anilines is 1. The number of hydrogen-bond acceptors (Lipinski definition) is 2. The van der Waals surface area contributed by atoms with E-state index in [9.17, 15) is 0 Å². The number of hydrazone groups is 1. The Balaban J connectivity index is 2.22. The van der Waals surface area contributed by atoms with Crippen LogP contribution in [0.5, 0.6) is 0 Å². The fourth-order valence-corrected chi connectivity index (χ4v) is 1.60. The lowest BCUT2D eigenvalue weighted by molar-refractivity contribution is 0.922. The van der Waals surface area contributed by atoms with Crippen molar-refractivity contribution in [2.24, 2.45) is 5.10 Å². The normalized spacial score (nSPS) is 16.1. The van der Waals surface area contributed by atoms with Crippen LogP contribution in [0.1, 0.15) is 13.3 Å². The summed E-state index contributed by atoms with van der Waals surface area (Å²) in [5.74, 6) is 0. The van der Waals surface area contributed by atoms with Crippen LogP contribution in [0.2, 0.25) is 0 Å². The van der Waals surface area contributed by atoms with Gasteiger partial charge < -0.3 is 0 Å². The summed E-state index contributed by atoms with van der Waals surface area (Å²) in [5, 5.41) is 6.49. The average molecular weight is 186 g/mol. The minimum atomic E-state index is 1.02. The summed E-state index contributed by atoms with van der Waals surface area (Å²) >= 11 is 2.68. The maximum absolute atomic E-state index is 4.43. The van der Waals surface area contributed by atoms with Crippen molar-refractivity contribution in [2.75, 3.05) is 11.6 Å². The molecule has 0 saturated heterocycles. The van der Waals surface area contributed by atoms with Crippen LogP contribution in [-0.4, -0.2) is 28.5 Å². The molecule has 0 atom stereocenters. The first kappa shape index (κ1) is 8.80. The van der Waals surface area contributed by atoms with Crippen molar-refractivity contribution in [3.05, 3.63) is 24.3 Å². The SMILES string of the molecule is CC1=NN(c2cc[c]([Al])cc2)CC1. The van der Waals surface area contributed by atoms with Crippen LogP contribution >= 0.6 is 0 Å². The molecule has 0 spiro atoms. The molecule has 0 bridgehead atoms. The summed E-state index contributed by atoms with van der Waals surface area (Å²) in [4.78, 5) is 0. The molecule has 0 unspecified atom stereocenters. The van der Waals surface area contributed by atoms with Gasteiger partial charge in [0.05, 0.1) is 5.69 Å². The first-order chi connectivity index (χ1) is 6.25. The molecule has 0 N–H and O–H groups in total. The van der Waals surface area contributed by atoms with Crippen LogP contribution in [0.4, 0.5) is 5.69 Å². The largest absolute Gasteiger partial charge is 0.265 e. The molecule has 0 amide bonds. The smallest absolute Gasteiger partial charge is 0.175 e. The van der Waals surface area contributed by atoms with E-state index >= 15 is 0 Å². The van der Waals surface area contributed by atoms with E-state index in [1.807, 2.05) is 0 Å².